The van der Waals surface area contributed by atoms with Crippen molar-refractivity contribution in [2.75, 3.05) is 9.80 Å². The largest absolute Gasteiger partial charge is 0.311 e. The number of nitrogens with zero attached hydrogens (tertiary/aromatic N) is 2. The lowest BCUT2D eigenvalue weighted by Crippen LogP contribution is -2.33. The van der Waals surface area contributed by atoms with Gasteiger partial charge < -0.3 is 9.80 Å². The minimum Gasteiger partial charge on any atom is -0.311 e. The van der Waals surface area contributed by atoms with E-state index in [1.54, 1.807) is 0 Å². The van der Waals surface area contributed by atoms with Crippen LogP contribution < -0.4 is 9.80 Å². The summed E-state index contributed by atoms with van der Waals surface area (Å²) in [5.74, 6) is 0.674. The third-order valence-corrected chi connectivity index (χ3v) is 9.41. The number of hydrogen-bond acceptors (Lipinski definition) is 2. The molecule has 222 valence electrons. The van der Waals surface area contributed by atoms with Gasteiger partial charge in [-0.05, 0) is 103 Å². The van der Waals surface area contributed by atoms with Gasteiger partial charge in [-0.1, -0.05) is 117 Å². The molecule has 2 heteroatoms. The van der Waals surface area contributed by atoms with Crippen molar-refractivity contribution in [2.45, 2.75) is 38.0 Å². The summed E-state index contributed by atoms with van der Waals surface area (Å²) in [6, 6.07) is 61.5. The zero-order valence-corrected chi connectivity index (χ0v) is 26.0. The number of rotatable bonds is 8. The zero-order valence-electron chi connectivity index (χ0n) is 26.0. The summed E-state index contributed by atoms with van der Waals surface area (Å²) in [5, 5.41) is 0. The molecule has 0 bridgehead atoms. The molecule has 7 rings (SSSR count). The number of benzene rings is 6. The topological polar surface area (TPSA) is 6.48 Å². The Labute approximate surface area is 268 Å². The van der Waals surface area contributed by atoms with E-state index in [1.165, 1.54) is 35.3 Å². The fraction of sp³-hybridized carbons (Fsp3) is 0.163. The van der Waals surface area contributed by atoms with Crippen molar-refractivity contribution in [1.29, 1.82) is 0 Å². The van der Waals surface area contributed by atoms with Crippen LogP contribution in [-0.4, -0.2) is 0 Å². The molecular formula is C43H40N2. The van der Waals surface area contributed by atoms with E-state index >= 15 is 0 Å². The molecule has 0 N–H and O–H groups in total. The Kier molecular flexibility index (Phi) is 8.21. The van der Waals surface area contributed by atoms with Crippen molar-refractivity contribution in [3.05, 3.63) is 181 Å². The molecule has 45 heavy (non-hydrogen) atoms. The smallest absolute Gasteiger partial charge is 0.0461 e. The molecule has 1 aliphatic carbocycles. The maximum absolute atomic E-state index is 2.43. The molecule has 0 saturated heterocycles. The van der Waals surface area contributed by atoms with Gasteiger partial charge in [-0.15, -0.1) is 0 Å². The normalized spacial score (nSPS) is 15.7. The van der Waals surface area contributed by atoms with Crippen LogP contribution in [-0.2, 0) is 5.41 Å². The van der Waals surface area contributed by atoms with Crippen LogP contribution in [0.3, 0.4) is 0 Å². The Bertz CT molecular complexity index is 1580. The van der Waals surface area contributed by atoms with E-state index in [-0.39, 0.29) is 5.41 Å². The van der Waals surface area contributed by atoms with Crippen LogP contribution in [0.15, 0.2) is 170 Å². The van der Waals surface area contributed by atoms with Gasteiger partial charge in [-0.3, -0.25) is 0 Å². The van der Waals surface area contributed by atoms with Crippen LogP contribution in [0.2, 0.25) is 0 Å². The molecule has 6 aromatic carbocycles. The fourth-order valence-corrected chi connectivity index (χ4v) is 7.30. The summed E-state index contributed by atoms with van der Waals surface area (Å²) in [7, 11) is 0. The van der Waals surface area contributed by atoms with Crippen LogP contribution >= 0.6 is 0 Å². The summed E-state index contributed by atoms with van der Waals surface area (Å²) in [6.07, 6.45) is 4.86. The van der Waals surface area contributed by atoms with Gasteiger partial charge in [0.15, 0.2) is 0 Å². The number of anilines is 6. The maximum Gasteiger partial charge on any atom is 0.0461 e. The Morgan fingerprint density at radius 3 is 1.04 bits per heavy atom. The highest BCUT2D eigenvalue weighted by Crippen LogP contribution is 2.48. The predicted molar refractivity (Wildman–Crippen MR) is 191 cm³/mol. The van der Waals surface area contributed by atoms with E-state index in [1.807, 2.05) is 0 Å². The van der Waals surface area contributed by atoms with Crippen molar-refractivity contribution in [1.82, 2.24) is 0 Å². The first-order valence-corrected chi connectivity index (χ1v) is 16.2. The van der Waals surface area contributed by atoms with Gasteiger partial charge in [0.25, 0.3) is 0 Å². The highest BCUT2D eigenvalue weighted by atomic mass is 15.1. The molecule has 0 spiro atoms. The van der Waals surface area contributed by atoms with Gasteiger partial charge in [0.05, 0.1) is 0 Å². The van der Waals surface area contributed by atoms with Crippen LogP contribution in [0.1, 0.15) is 43.7 Å². The zero-order chi connectivity index (χ0) is 30.5. The van der Waals surface area contributed by atoms with Gasteiger partial charge in [0.1, 0.15) is 0 Å². The predicted octanol–water partition coefficient (Wildman–Crippen LogP) is 12.1. The van der Waals surface area contributed by atoms with Gasteiger partial charge >= 0.3 is 0 Å². The van der Waals surface area contributed by atoms with E-state index in [0.29, 0.717) is 5.92 Å². The van der Waals surface area contributed by atoms with Crippen LogP contribution in [0.4, 0.5) is 34.1 Å². The molecule has 6 aromatic rings. The number of para-hydroxylation sites is 4. The van der Waals surface area contributed by atoms with Crippen molar-refractivity contribution < 1.29 is 0 Å². The molecule has 1 aliphatic rings. The van der Waals surface area contributed by atoms with Crippen molar-refractivity contribution in [2.24, 2.45) is 5.92 Å². The highest BCUT2D eigenvalue weighted by Gasteiger charge is 2.38. The average Bonchev–Trinajstić information content (AvgIpc) is 3.11. The fourth-order valence-electron chi connectivity index (χ4n) is 7.30. The highest BCUT2D eigenvalue weighted by molar-refractivity contribution is 5.78. The molecule has 2 nitrogen and oxygen atoms in total. The minimum absolute atomic E-state index is 0.0105. The van der Waals surface area contributed by atoms with Crippen LogP contribution in [0, 0.1) is 5.92 Å². The lowest BCUT2D eigenvalue weighted by molar-refractivity contribution is 0.272. The van der Waals surface area contributed by atoms with E-state index in [4.69, 9.17) is 0 Å². The maximum atomic E-state index is 2.43. The molecule has 1 saturated carbocycles. The Morgan fingerprint density at radius 2 is 0.733 bits per heavy atom. The van der Waals surface area contributed by atoms with E-state index in [0.717, 1.165) is 35.6 Å². The summed E-state index contributed by atoms with van der Waals surface area (Å²) < 4.78 is 0. The van der Waals surface area contributed by atoms with E-state index in [2.05, 4.69) is 187 Å². The average molecular weight is 585 g/mol. The summed E-state index contributed by atoms with van der Waals surface area (Å²) in [4.78, 5) is 4.69. The summed E-state index contributed by atoms with van der Waals surface area (Å²) >= 11 is 0. The van der Waals surface area contributed by atoms with E-state index < -0.39 is 0 Å². The third-order valence-electron chi connectivity index (χ3n) is 9.41. The molecule has 1 atom stereocenters. The van der Waals surface area contributed by atoms with Crippen molar-refractivity contribution in [3.63, 3.8) is 0 Å². The van der Waals surface area contributed by atoms with Gasteiger partial charge in [-0.2, -0.15) is 0 Å². The first kappa shape index (κ1) is 28.7. The standard InChI is InChI=1S/C43H40N2/c1-34-15-14-32-43(33-34,35-24-28-41(29-25-35)44(37-16-6-2-7-17-37)38-18-8-3-9-19-38)36-26-30-42(31-27-36)45(39-20-10-4-11-21-39)40-22-12-5-13-23-40/h2-13,16-31,34H,14-15,32-33H2,1H3. The van der Waals surface area contributed by atoms with Crippen LogP contribution in [0.25, 0.3) is 0 Å². The van der Waals surface area contributed by atoms with Crippen molar-refractivity contribution >= 4 is 34.1 Å². The lowest BCUT2D eigenvalue weighted by Gasteiger charge is -2.42. The lowest BCUT2D eigenvalue weighted by atomic mass is 9.62. The molecular weight excluding hydrogens is 544 g/mol. The Balaban J connectivity index is 1.26. The van der Waals surface area contributed by atoms with E-state index in [9.17, 15) is 0 Å². The quantitative estimate of drug-likeness (QED) is 0.176. The first-order chi connectivity index (χ1) is 22.2. The number of hydrogen-bond donors (Lipinski definition) is 0. The van der Waals surface area contributed by atoms with Gasteiger partial charge in [-0.25, -0.2) is 0 Å². The molecule has 0 aliphatic heterocycles. The first-order valence-electron chi connectivity index (χ1n) is 16.2. The summed E-state index contributed by atoms with van der Waals surface area (Å²) in [5.41, 5.74) is 9.80. The molecule has 1 unspecified atom stereocenters. The van der Waals surface area contributed by atoms with Crippen molar-refractivity contribution in [3.8, 4) is 0 Å². The SMILES string of the molecule is CC1CCCC(c2ccc(N(c3ccccc3)c3ccccc3)cc2)(c2ccc(N(c3ccccc3)c3ccccc3)cc2)C1. The Hall–Kier alpha value is -5.08. The molecule has 0 radical (unpaired) electrons. The summed E-state index contributed by atoms with van der Waals surface area (Å²) in [6.45, 7) is 2.43. The molecule has 1 fully saturated rings. The van der Waals surface area contributed by atoms with Gasteiger partial charge in [0.2, 0.25) is 0 Å². The third kappa shape index (κ3) is 5.89. The Morgan fingerprint density at radius 1 is 0.422 bits per heavy atom. The van der Waals surface area contributed by atoms with Crippen LogP contribution in [0.5, 0.6) is 0 Å². The minimum atomic E-state index is -0.0105. The second kappa shape index (κ2) is 12.9. The molecule has 0 aromatic heterocycles. The molecule has 0 heterocycles. The van der Waals surface area contributed by atoms with Gasteiger partial charge in [0, 0.05) is 39.5 Å². The molecule has 0 amide bonds. The monoisotopic (exact) mass is 584 g/mol. The second-order valence-corrected chi connectivity index (χ2v) is 12.4. The second-order valence-electron chi connectivity index (χ2n) is 12.4.